The molecule has 2 amide bonds. The highest BCUT2D eigenvalue weighted by molar-refractivity contribution is 5.92. The molecule has 4 rings (SSSR count). The van der Waals surface area contributed by atoms with Crippen molar-refractivity contribution in [2.75, 3.05) is 33.4 Å². The van der Waals surface area contributed by atoms with Crippen molar-refractivity contribution in [2.24, 2.45) is 0 Å². The molecule has 0 aliphatic carbocycles. The summed E-state index contributed by atoms with van der Waals surface area (Å²) in [5.74, 6) is -0.258. The van der Waals surface area contributed by atoms with Gasteiger partial charge in [-0.3, -0.25) is 14.3 Å². The first-order chi connectivity index (χ1) is 17.9. The Balaban J connectivity index is 1.51. The lowest BCUT2D eigenvalue weighted by Gasteiger charge is -2.42. The van der Waals surface area contributed by atoms with E-state index < -0.39 is 5.60 Å². The molecule has 1 atom stereocenters. The maximum atomic E-state index is 13.4. The van der Waals surface area contributed by atoms with Gasteiger partial charge in [-0.15, -0.1) is 0 Å². The van der Waals surface area contributed by atoms with E-state index in [1.807, 2.05) is 37.3 Å². The minimum Gasteiger partial charge on any atom is -0.490 e. The number of carbonyl (C=O) groups is 2. The van der Waals surface area contributed by atoms with E-state index in [1.165, 1.54) is 24.3 Å². The van der Waals surface area contributed by atoms with Crippen molar-refractivity contribution in [3.8, 4) is 5.75 Å². The lowest BCUT2D eigenvalue weighted by atomic mass is 9.96. The van der Waals surface area contributed by atoms with Crippen molar-refractivity contribution < 1.29 is 23.5 Å². The molecule has 0 unspecified atom stereocenters. The van der Waals surface area contributed by atoms with Crippen LogP contribution in [0, 0.1) is 5.82 Å². The molecule has 0 spiro atoms. The zero-order chi connectivity index (χ0) is 26.3. The normalized spacial score (nSPS) is 17.4. The van der Waals surface area contributed by atoms with Gasteiger partial charge < -0.3 is 19.3 Å². The highest BCUT2D eigenvalue weighted by Crippen LogP contribution is 2.26. The third-order valence-corrected chi connectivity index (χ3v) is 6.33. The molecule has 1 aromatic heterocycles. The van der Waals surface area contributed by atoms with Crippen LogP contribution in [0.2, 0.25) is 0 Å². The Labute approximate surface area is 216 Å². The number of amides is 2. The van der Waals surface area contributed by atoms with Crippen LogP contribution in [-0.4, -0.2) is 70.3 Å². The van der Waals surface area contributed by atoms with E-state index in [0.29, 0.717) is 24.5 Å². The molecule has 2 heterocycles. The summed E-state index contributed by atoms with van der Waals surface area (Å²) in [6.45, 7) is 4.05. The number of aryl methyl sites for hydroxylation is 1. The van der Waals surface area contributed by atoms with E-state index in [9.17, 15) is 14.0 Å². The summed E-state index contributed by atoms with van der Waals surface area (Å²) in [5, 5.41) is 4.40. The predicted octanol–water partition coefficient (Wildman–Crippen LogP) is 3.77. The molecule has 37 heavy (non-hydrogen) atoms. The van der Waals surface area contributed by atoms with Gasteiger partial charge in [0.05, 0.1) is 19.6 Å². The van der Waals surface area contributed by atoms with Gasteiger partial charge in [0, 0.05) is 32.9 Å². The monoisotopic (exact) mass is 508 g/mol. The Bertz CT molecular complexity index is 1180. The van der Waals surface area contributed by atoms with E-state index >= 15 is 0 Å². The zero-order valence-electron chi connectivity index (χ0n) is 21.3. The minimum absolute atomic E-state index is 0.0194. The largest absolute Gasteiger partial charge is 0.490 e. The smallest absolute Gasteiger partial charge is 0.274 e. The van der Waals surface area contributed by atoms with E-state index in [4.69, 9.17) is 9.47 Å². The molecule has 8 nitrogen and oxygen atoms in total. The minimum atomic E-state index is -1.07. The second-order valence-corrected chi connectivity index (χ2v) is 9.38. The van der Waals surface area contributed by atoms with E-state index in [0.717, 1.165) is 18.5 Å². The number of hydrogen-bond acceptors (Lipinski definition) is 5. The fourth-order valence-electron chi connectivity index (χ4n) is 4.36. The van der Waals surface area contributed by atoms with Crippen LogP contribution in [0.15, 0.2) is 66.9 Å². The average molecular weight is 509 g/mol. The van der Waals surface area contributed by atoms with Crippen LogP contribution in [0.3, 0.4) is 0 Å². The fraction of sp³-hybridized carbons (Fsp3) is 0.393. The molecule has 196 valence electrons. The number of ether oxygens (including phenoxy) is 2. The molecular weight excluding hydrogens is 475 g/mol. The predicted molar refractivity (Wildman–Crippen MR) is 137 cm³/mol. The van der Waals surface area contributed by atoms with Crippen molar-refractivity contribution in [2.45, 2.75) is 38.5 Å². The van der Waals surface area contributed by atoms with Crippen molar-refractivity contribution in [3.63, 3.8) is 0 Å². The number of nitrogens with zero attached hydrogens (tertiary/aromatic N) is 4. The molecule has 0 saturated carbocycles. The number of aromatic nitrogens is 2. The topological polar surface area (TPSA) is 76.9 Å². The Hall–Kier alpha value is -3.72. The summed E-state index contributed by atoms with van der Waals surface area (Å²) in [4.78, 5) is 29.9. The van der Waals surface area contributed by atoms with Crippen LogP contribution in [0.25, 0.3) is 0 Å². The van der Waals surface area contributed by atoms with Gasteiger partial charge >= 0.3 is 0 Å². The molecule has 9 heteroatoms. The fourth-order valence-corrected chi connectivity index (χ4v) is 4.36. The molecule has 0 bridgehead atoms. The molecule has 1 fully saturated rings. The van der Waals surface area contributed by atoms with Crippen molar-refractivity contribution in [3.05, 3.63) is 83.9 Å². The number of hydrogen-bond donors (Lipinski definition) is 0. The van der Waals surface area contributed by atoms with E-state index in [2.05, 4.69) is 5.10 Å². The lowest BCUT2D eigenvalue weighted by molar-refractivity contribution is -0.152. The molecule has 0 radical (unpaired) electrons. The van der Waals surface area contributed by atoms with Gasteiger partial charge in [0.25, 0.3) is 5.91 Å². The third kappa shape index (κ3) is 6.95. The molecule has 1 aliphatic heterocycles. The number of carbonyl (C=O) groups excluding carboxylic acids is 2. The first-order valence-electron chi connectivity index (χ1n) is 12.5. The summed E-state index contributed by atoms with van der Waals surface area (Å²) in [6, 6.07) is 17.1. The van der Waals surface area contributed by atoms with Gasteiger partial charge in [-0.05, 0) is 42.3 Å². The van der Waals surface area contributed by atoms with Crippen molar-refractivity contribution >= 4 is 11.8 Å². The highest BCUT2D eigenvalue weighted by atomic mass is 19.1. The van der Waals surface area contributed by atoms with Gasteiger partial charge in [0.1, 0.15) is 29.5 Å². The second-order valence-electron chi connectivity index (χ2n) is 9.38. The van der Waals surface area contributed by atoms with Crippen LogP contribution in [-0.2, 0) is 22.6 Å². The zero-order valence-corrected chi connectivity index (χ0v) is 21.3. The lowest BCUT2D eigenvalue weighted by Crippen LogP contribution is -2.58. The SMILES string of the molecule is CCCn1ccc(C(=O)N2CCO[C@@](COc3ccc(F)cc3)(CC(=O)N(C)Cc3ccccc3)C2)n1. The van der Waals surface area contributed by atoms with E-state index in [-0.39, 0.29) is 43.8 Å². The van der Waals surface area contributed by atoms with Crippen LogP contribution in [0.1, 0.15) is 35.8 Å². The molecule has 3 aromatic rings. The third-order valence-electron chi connectivity index (χ3n) is 6.33. The van der Waals surface area contributed by atoms with Crippen molar-refractivity contribution in [1.29, 1.82) is 0 Å². The first-order valence-corrected chi connectivity index (χ1v) is 12.5. The van der Waals surface area contributed by atoms with Gasteiger partial charge in [-0.25, -0.2) is 4.39 Å². The molecule has 2 aromatic carbocycles. The number of halogens is 1. The Morgan fingerprint density at radius 3 is 2.62 bits per heavy atom. The second kappa shape index (κ2) is 12.0. The Morgan fingerprint density at radius 1 is 1.14 bits per heavy atom. The van der Waals surface area contributed by atoms with Gasteiger partial charge in [0.15, 0.2) is 0 Å². The van der Waals surface area contributed by atoms with Crippen LogP contribution in [0.5, 0.6) is 5.75 Å². The average Bonchev–Trinajstić information content (AvgIpc) is 3.37. The number of benzene rings is 2. The summed E-state index contributed by atoms with van der Waals surface area (Å²) in [7, 11) is 1.75. The Kier molecular flexibility index (Phi) is 8.55. The summed E-state index contributed by atoms with van der Waals surface area (Å²) < 4.78 is 27.2. The van der Waals surface area contributed by atoms with Crippen LogP contribution < -0.4 is 4.74 Å². The number of morpholine rings is 1. The summed E-state index contributed by atoms with van der Waals surface area (Å²) in [6.07, 6.45) is 2.73. The van der Waals surface area contributed by atoms with Gasteiger partial charge in [-0.1, -0.05) is 37.3 Å². The number of rotatable bonds is 10. The maximum Gasteiger partial charge on any atom is 0.274 e. The summed E-state index contributed by atoms with van der Waals surface area (Å²) in [5.41, 5.74) is 0.297. The Morgan fingerprint density at radius 2 is 1.89 bits per heavy atom. The van der Waals surface area contributed by atoms with Gasteiger partial charge in [0.2, 0.25) is 5.91 Å². The first kappa shape index (κ1) is 26.3. The maximum absolute atomic E-state index is 13.4. The molecule has 0 N–H and O–H groups in total. The van der Waals surface area contributed by atoms with Crippen molar-refractivity contribution in [1.82, 2.24) is 19.6 Å². The van der Waals surface area contributed by atoms with Crippen LogP contribution in [0.4, 0.5) is 4.39 Å². The standard InChI is InChI=1S/C28H33FN4O4/c1-3-14-33-15-13-25(30-33)27(35)32-16-17-37-28(20-32,21-36-24-11-9-23(29)10-12-24)18-26(34)31(2)19-22-7-5-4-6-8-22/h4-13,15H,3,14,16-21H2,1-2H3/t28-/m0/s1. The van der Waals surface area contributed by atoms with Gasteiger partial charge in [-0.2, -0.15) is 5.10 Å². The molecule has 1 saturated heterocycles. The molecular formula is C28H33FN4O4. The highest BCUT2D eigenvalue weighted by Gasteiger charge is 2.42. The molecule has 1 aliphatic rings. The quantitative estimate of drug-likeness (QED) is 0.417. The van der Waals surface area contributed by atoms with E-state index in [1.54, 1.807) is 33.8 Å². The summed E-state index contributed by atoms with van der Waals surface area (Å²) >= 11 is 0. The van der Waals surface area contributed by atoms with Crippen LogP contribution >= 0.6 is 0 Å².